The van der Waals surface area contributed by atoms with Gasteiger partial charge in [0.05, 0.1) is 7.11 Å². The van der Waals surface area contributed by atoms with Crippen LogP contribution in [0.2, 0.25) is 0 Å². The van der Waals surface area contributed by atoms with E-state index < -0.39 is 5.82 Å². The molecule has 1 aliphatic rings. The van der Waals surface area contributed by atoms with Crippen molar-refractivity contribution in [1.29, 1.82) is 0 Å². The van der Waals surface area contributed by atoms with E-state index >= 15 is 0 Å². The Hall–Kier alpha value is -1.62. The number of carbonyl (C=O) groups excluding carboxylic acids is 1. The Morgan fingerprint density at radius 2 is 2.35 bits per heavy atom. The zero-order chi connectivity index (χ0) is 12.4. The van der Waals surface area contributed by atoms with Crippen molar-refractivity contribution < 1.29 is 13.9 Å². The van der Waals surface area contributed by atoms with E-state index in [-0.39, 0.29) is 17.7 Å². The Labute approximate surface area is 99.2 Å². The van der Waals surface area contributed by atoms with E-state index in [0.29, 0.717) is 18.7 Å². The minimum absolute atomic E-state index is 0.0297. The molecule has 0 spiro atoms. The van der Waals surface area contributed by atoms with Crippen LogP contribution in [0.15, 0.2) is 18.2 Å². The molecule has 1 fully saturated rings. The van der Waals surface area contributed by atoms with Crippen molar-refractivity contribution >= 4 is 5.91 Å². The zero-order valence-electron chi connectivity index (χ0n) is 9.65. The molecule has 0 aromatic heterocycles. The van der Waals surface area contributed by atoms with Gasteiger partial charge in [-0.2, -0.15) is 0 Å². The summed E-state index contributed by atoms with van der Waals surface area (Å²) in [7, 11) is 1.39. The van der Waals surface area contributed by atoms with Crippen molar-refractivity contribution in [2.24, 2.45) is 5.73 Å². The normalized spacial score (nSPS) is 19.5. The smallest absolute Gasteiger partial charge is 0.254 e. The van der Waals surface area contributed by atoms with Gasteiger partial charge in [-0.05, 0) is 24.6 Å². The first-order chi connectivity index (χ1) is 8.11. The molecule has 0 bridgehead atoms. The number of amides is 1. The molecule has 1 aliphatic heterocycles. The fraction of sp³-hybridized carbons (Fsp3) is 0.417. The second kappa shape index (κ2) is 4.71. The summed E-state index contributed by atoms with van der Waals surface area (Å²) in [6, 6.07) is 4.25. The Morgan fingerprint density at radius 3 is 2.88 bits per heavy atom. The van der Waals surface area contributed by atoms with Gasteiger partial charge in [0.2, 0.25) is 0 Å². The number of likely N-dealkylation sites (tertiary alicyclic amines) is 1. The highest BCUT2D eigenvalue weighted by Gasteiger charge is 2.24. The maximum Gasteiger partial charge on any atom is 0.254 e. The molecule has 17 heavy (non-hydrogen) atoms. The summed E-state index contributed by atoms with van der Waals surface area (Å²) in [6.45, 7) is 1.17. The summed E-state index contributed by atoms with van der Waals surface area (Å²) in [5.41, 5.74) is 6.06. The number of carbonyl (C=O) groups is 1. The molecule has 0 saturated carbocycles. The van der Waals surface area contributed by atoms with Crippen LogP contribution in [-0.2, 0) is 0 Å². The van der Waals surface area contributed by atoms with Crippen LogP contribution >= 0.6 is 0 Å². The molecular formula is C12H15FN2O2. The Bertz CT molecular complexity index is 437. The van der Waals surface area contributed by atoms with Crippen molar-refractivity contribution in [3.63, 3.8) is 0 Å². The van der Waals surface area contributed by atoms with Gasteiger partial charge in [-0.3, -0.25) is 4.79 Å². The third-order valence-electron chi connectivity index (χ3n) is 2.91. The first-order valence-electron chi connectivity index (χ1n) is 5.50. The second-order valence-electron chi connectivity index (χ2n) is 4.15. The largest absolute Gasteiger partial charge is 0.494 e. The van der Waals surface area contributed by atoms with Crippen molar-refractivity contribution in [2.45, 2.75) is 12.5 Å². The highest BCUT2D eigenvalue weighted by molar-refractivity contribution is 5.94. The van der Waals surface area contributed by atoms with E-state index in [1.54, 1.807) is 11.0 Å². The quantitative estimate of drug-likeness (QED) is 0.836. The molecule has 0 unspecified atom stereocenters. The predicted octanol–water partition coefficient (Wildman–Crippen LogP) is 1.01. The van der Waals surface area contributed by atoms with Crippen molar-refractivity contribution in [3.05, 3.63) is 29.6 Å². The lowest BCUT2D eigenvalue weighted by atomic mass is 10.2. The van der Waals surface area contributed by atoms with E-state index in [2.05, 4.69) is 0 Å². The van der Waals surface area contributed by atoms with E-state index in [9.17, 15) is 9.18 Å². The number of rotatable bonds is 2. The van der Waals surface area contributed by atoms with Gasteiger partial charge in [-0.1, -0.05) is 0 Å². The first kappa shape index (κ1) is 11.9. The third kappa shape index (κ3) is 2.39. The molecule has 1 amide bonds. The van der Waals surface area contributed by atoms with Gasteiger partial charge in [0, 0.05) is 24.7 Å². The molecule has 0 aliphatic carbocycles. The molecule has 2 rings (SSSR count). The lowest BCUT2D eigenvalue weighted by molar-refractivity contribution is 0.0790. The Kier molecular flexibility index (Phi) is 3.28. The fourth-order valence-electron chi connectivity index (χ4n) is 1.95. The lowest BCUT2D eigenvalue weighted by Gasteiger charge is -2.16. The highest BCUT2D eigenvalue weighted by atomic mass is 19.1. The van der Waals surface area contributed by atoms with Crippen LogP contribution in [0.25, 0.3) is 0 Å². The van der Waals surface area contributed by atoms with E-state index in [1.165, 1.54) is 19.2 Å². The fourth-order valence-corrected chi connectivity index (χ4v) is 1.95. The number of methoxy groups -OCH3 is 1. The molecule has 4 nitrogen and oxygen atoms in total. The molecule has 2 N–H and O–H groups in total. The van der Waals surface area contributed by atoms with Gasteiger partial charge >= 0.3 is 0 Å². The molecule has 1 atom stereocenters. The maximum absolute atomic E-state index is 13.5. The van der Waals surface area contributed by atoms with Crippen LogP contribution in [-0.4, -0.2) is 37.0 Å². The zero-order valence-corrected chi connectivity index (χ0v) is 9.65. The summed E-state index contributed by atoms with van der Waals surface area (Å²) in [5, 5.41) is 0. The van der Waals surface area contributed by atoms with Crippen molar-refractivity contribution in [1.82, 2.24) is 4.90 Å². The van der Waals surface area contributed by atoms with Crippen LogP contribution in [0.1, 0.15) is 16.8 Å². The SMILES string of the molecule is COc1ccc(C(=O)N2CC[C@H](N)C2)cc1F. The van der Waals surface area contributed by atoms with Gasteiger partial charge in [0.1, 0.15) is 0 Å². The Morgan fingerprint density at radius 1 is 1.59 bits per heavy atom. The predicted molar refractivity (Wildman–Crippen MR) is 61.4 cm³/mol. The number of nitrogens with zero attached hydrogens (tertiary/aromatic N) is 1. The number of halogens is 1. The maximum atomic E-state index is 13.5. The molecule has 1 aromatic carbocycles. The Balaban J connectivity index is 2.17. The number of hydrogen-bond acceptors (Lipinski definition) is 3. The van der Waals surface area contributed by atoms with E-state index in [1.807, 2.05) is 0 Å². The summed E-state index contributed by atoms with van der Waals surface area (Å²) in [6.07, 6.45) is 0.796. The number of hydrogen-bond donors (Lipinski definition) is 1. The average Bonchev–Trinajstić information content (AvgIpc) is 2.75. The lowest BCUT2D eigenvalue weighted by Crippen LogP contribution is -2.31. The summed E-state index contributed by atoms with van der Waals surface area (Å²) in [4.78, 5) is 13.7. The molecule has 0 radical (unpaired) electrons. The van der Waals surface area contributed by atoms with Crippen LogP contribution in [0.3, 0.4) is 0 Å². The van der Waals surface area contributed by atoms with E-state index in [0.717, 1.165) is 6.42 Å². The van der Waals surface area contributed by atoms with Crippen molar-refractivity contribution in [2.75, 3.05) is 20.2 Å². The molecule has 1 heterocycles. The van der Waals surface area contributed by atoms with E-state index in [4.69, 9.17) is 10.5 Å². The van der Waals surface area contributed by atoms with Gasteiger partial charge < -0.3 is 15.4 Å². The topological polar surface area (TPSA) is 55.6 Å². The number of benzene rings is 1. The van der Waals surface area contributed by atoms with Gasteiger partial charge in [-0.15, -0.1) is 0 Å². The number of nitrogens with two attached hydrogens (primary N) is 1. The third-order valence-corrected chi connectivity index (χ3v) is 2.91. The monoisotopic (exact) mass is 238 g/mol. The standard InChI is InChI=1S/C12H15FN2O2/c1-17-11-3-2-8(6-10(11)13)12(16)15-5-4-9(14)7-15/h2-3,6,9H,4-5,7,14H2,1H3/t9-/m0/s1. The van der Waals surface area contributed by atoms with Crippen LogP contribution < -0.4 is 10.5 Å². The van der Waals surface area contributed by atoms with Crippen LogP contribution in [0.4, 0.5) is 4.39 Å². The molecule has 92 valence electrons. The molecule has 1 saturated heterocycles. The molecular weight excluding hydrogens is 223 g/mol. The molecule has 5 heteroatoms. The summed E-state index contributed by atoms with van der Waals surface area (Å²) in [5.74, 6) is -0.568. The second-order valence-corrected chi connectivity index (χ2v) is 4.15. The average molecular weight is 238 g/mol. The van der Waals surface area contributed by atoms with Crippen LogP contribution in [0, 0.1) is 5.82 Å². The molecule has 1 aromatic rings. The minimum atomic E-state index is -0.526. The summed E-state index contributed by atoms with van der Waals surface area (Å²) < 4.78 is 18.3. The highest BCUT2D eigenvalue weighted by Crippen LogP contribution is 2.20. The first-order valence-corrected chi connectivity index (χ1v) is 5.50. The van der Waals surface area contributed by atoms with Gasteiger partial charge in [0.15, 0.2) is 11.6 Å². The van der Waals surface area contributed by atoms with Crippen molar-refractivity contribution in [3.8, 4) is 5.75 Å². The van der Waals surface area contributed by atoms with Gasteiger partial charge in [0.25, 0.3) is 5.91 Å². The number of ether oxygens (including phenoxy) is 1. The minimum Gasteiger partial charge on any atom is -0.494 e. The van der Waals surface area contributed by atoms with Gasteiger partial charge in [-0.25, -0.2) is 4.39 Å². The summed E-state index contributed by atoms with van der Waals surface area (Å²) >= 11 is 0. The van der Waals surface area contributed by atoms with Crippen LogP contribution in [0.5, 0.6) is 5.75 Å².